The molecule has 0 bridgehead atoms. The summed E-state index contributed by atoms with van der Waals surface area (Å²) < 4.78 is 129. The van der Waals surface area contributed by atoms with Crippen molar-refractivity contribution in [3.05, 3.63) is 35.6 Å². The second-order valence-corrected chi connectivity index (χ2v) is 3.23. The third kappa shape index (κ3) is 79.7. The number of hydrogen-bond acceptors (Lipinski definition) is 0. The number of hydrogen-bond donors (Lipinski definition) is 0. The predicted octanol–water partition coefficient (Wildman–Crippen LogP) is 5.39. The average molecular weight is 411 g/mol. The van der Waals surface area contributed by atoms with E-state index in [1.54, 1.807) is 19.1 Å². The van der Waals surface area contributed by atoms with E-state index in [-0.39, 0.29) is 57.2 Å². The molecule has 1 aromatic carbocycles. The van der Waals surface area contributed by atoms with E-state index >= 15 is 0 Å². The molecule has 0 nitrogen and oxygen atoms in total. The van der Waals surface area contributed by atoms with E-state index in [2.05, 4.69) is 0 Å². The van der Waals surface area contributed by atoms with Crippen LogP contribution in [0.3, 0.4) is 0 Å². The van der Waals surface area contributed by atoms with Gasteiger partial charge in [-0.15, -0.1) is 0 Å². The van der Waals surface area contributed by atoms with Crippen molar-refractivity contribution in [3.8, 4) is 0 Å². The number of benzene rings is 1. The quantitative estimate of drug-likeness (QED) is 0.398. The first-order valence-corrected chi connectivity index (χ1v) is 5.13. The van der Waals surface area contributed by atoms with Gasteiger partial charge in [-0.1, -0.05) is 18.2 Å². The zero-order valence-electron chi connectivity index (χ0n) is 11.0. The summed E-state index contributed by atoms with van der Waals surface area (Å²) in [6.45, 7) is 1.75. The molecule has 0 amide bonds. The summed E-state index contributed by atoms with van der Waals surface area (Å²) in [7, 11) is -18.0. The van der Waals surface area contributed by atoms with Crippen molar-refractivity contribution in [1.82, 2.24) is 0 Å². The van der Waals surface area contributed by atoms with Gasteiger partial charge in [0.05, 0.1) is 0 Å². The fourth-order valence-electron chi connectivity index (χ4n) is 0.551. The average Bonchev–Trinajstić information content (AvgIpc) is 2.14. The Morgan fingerprint density at radius 3 is 0.917 bits per heavy atom. The van der Waals surface area contributed by atoms with E-state index < -0.39 is 21.8 Å². The van der Waals surface area contributed by atoms with Crippen LogP contribution in [-0.2, 0) is 0 Å². The third-order valence-electron chi connectivity index (χ3n) is 1.08. The Hall–Kier alpha value is 0.141. The van der Waals surface area contributed by atoms with Crippen molar-refractivity contribution in [3.63, 3.8) is 0 Å². The fourth-order valence-corrected chi connectivity index (χ4v) is 0.551. The molecule has 140 valence electrons. The van der Waals surface area contributed by atoms with E-state index in [4.69, 9.17) is 0 Å². The maximum absolute atomic E-state index is 12.3. The molecule has 0 saturated heterocycles. The molecular weight excluding hydrogens is 403 g/mol. The van der Waals surface area contributed by atoms with Crippen molar-refractivity contribution in [2.75, 3.05) is 0 Å². The molecule has 0 aromatic heterocycles. The van der Waals surface area contributed by atoms with Gasteiger partial charge in [0.2, 0.25) is 0 Å². The third-order valence-corrected chi connectivity index (χ3v) is 1.08. The monoisotopic (exact) mass is 411 g/mol. The fraction of sp³-hybridized carbons (Fsp3) is 0.143. The molecule has 0 saturated carbocycles. The summed E-state index contributed by atoms with van der Waals surface area (Å²) in [5.74, 6) is -0.132. The van der Waals surface area contributed by atoms with Gasteiger partial charge in [-0.05, 0) is 18.6 Å². The maximum atomic E-state index is 12.3. The van der Waals surface area contributed by atoms with Crippen LogP contribution in [-0.4, -0.2) is 73.1 Å². The van der Waals surface area contributed by atoms with Gasteiger partial charge in [0.25, 0.3) is 0 Å². The van der Waals surface area contributed by atoms with Crippen LogP contribution in [0.5, 0.6) is 0 Å². The molecule has 0 unspecified atom stereocenters. The van der Waals surface area contributed by atoms with Crippen LogP contribution in [0.1, 0.15) is 5.56 Å². The number of rotatable bonds is 0. The molecule has 0 aliphatic carbocycles. The molecule has 0 fully saturated rings. The SMILES string of the molecule is Cc1ccccc1F.F[B-](F)(F)F.F[B-](F)(F)F.F[B-](F)(F)F.[KH]. The van der Waals surface area contributed by atoms with Crippen LogP contribution < -0.4 is 0 Å². The number of halogens is 13. The van der Waals surface area contributed by atoms with E-state index in [1.165, 1.54) is 6.07 Å². The molecule has 0 aliphatic rings. The summed E-state index contributed by atoms with van der Waals surface area (Å²) in [5.41, 5.74) is 0.701. The van der Waals surface area contributed by atoms with Crippen molar-refractivity contribution in [1.29, 1.82) is 0 Å². The van der Waals surface area contributed by atoms with Gasteiger partial charge in [-0.25, -0.2) is 4.39 Å². The zero-order chi connectivity index (χ0) is 19.5. The molecule has 0 N–H and O–H groups in total. The Kier molecular flexibility index (Phi) is 19.0. The van der Waals surface area contributed by atoms with Crippen molar-refractivity contribution in [2.24, 2.45) is 0 Å². The summed E-state index contributed by atoms with van der Waals surface area (Å²) in [4.78, 5) is 0. The van der Waals surface area contributed by atoms with Gasteiger partial charge in [-0.2, -0.15) is 0 Å². The minimum absolute atomic E-state index is 0. The van der Waals surface area contributed by atoms with Crippen LogP contribution >= 0.6 is 0 Å². The Morgan fingerprint density at radius 2 is 0.792 bits per heavy atom. The molecule has 0 radical (unpaired) electrons. The van der Waals surface area contributed by atoms with Crippen molar-refractivity contribution >= 4 is 73.1 Å². The Morgan fingerprint density at radius 1 is 0.583 bits per heavy atom. The zero-order valence-corrected chi connectivity index (χ0v) is 11.0. The van der Waals surface area contributed by atoms with Gasteiger partial charge < -0.3 is 51.8 Å². The standard InChI is InChI=1S/C7H7F.3BF4.K.H/c1-6-4-2-3-5-7(6)8;3*2-1(3,4)5;;/h2-5H,1H3;;;;;/q;3*-1;;. The number of aryl methyl sites for hydroxylation is 1. The van der Waals surface area contributed by atoms with Crippen LogP contribution in [0.25, 0.3) is 0 Å². The summed E-state index contributed by atoms with van der Waals surface area (Å²) in [6.07, 6.45) is 0. The second kappa shape index (κ2) is 14.3. The minimum atomic E-state index is -6.00. The molecule has 0 spiro atoms. The van der Waals surface area contributed by atoms with Gasteiger partial charge in [0.15, 0.2) is 0 Å². The second-order valence-electron chi connectivity index (χ2n) is 3.23. The van der Waals surface area contributed by atoms with Gasteiger partial charge in [0.1, 0.15) is 5.82 Å². The van der Waals surface area contributed by atoms with E-state index in [9.17, 15) is 56.2 Å². The first kappa shape index (κ1) is 31.9. The van der Waals surface area contributed by atoms with Crippen molar-refractivity contribution in [2.45, 2.75) is 6.92 Å². The van der Waals surface area contributed by atoms with E-state index in [0.717, 1.165) is 0 Å². The van der Waals surface area contributed by atoms with E-state index in [1.807, 2.05) is 6.07 Å². The summed E-state index contributed by atoms with van der Waals surface area (Å²) in [6, 6.07) is 6.70. The van der Waals surface area contributed by atoms with Gasteiger partial charge >= 0.3 is 73.1 Å². The molecule has 17 heteroatoms. The molecule has 0 aliphatic heterocycles. The predicted molar refractivity (Wildman–Crippen MR) is 68.8 cm³/mol. The van der Waals surface area contributed by atoms with Gasteiger partial charge in [-0.3, -0.25) is 0 Å². The molecule has 1 aromatic rings. The molecule has 24 heavy (non-hydrogen) atoms. The van der Waals surface area contributed by atoms with Crippen LogP contribution in [0, 0.1) is 12.7 Å². The van der Waals surface area contributed by atoms with Crippen LogP contribution in [0.15, 0.2) is 24.3 Å². The Bertz CT molecular complexity index is 348. The van der Waals surface area contributed by atoms with Crippen LogP contribution in [0.4, 0.5) is 56.2 Å². The summed E-state index contributed by atoms with van der Waals surface area (Å²) in [5, 5.41) is 0. The first-order chi connectivity index (χ1) is 9.80. The van der Waals surface area contributed by atoms with Crippen molar-refractivity contribution < 1.29 is 56.2 Å². The topological polar surface area (TPSA) is 0 Å². The Labute approximate surface area is 170 Å². The normalized spacial score (nSPS) is 10.6. The first-order valence-electron chi connectivity index (χ1n) is 5.13. The Balaban J connectivity index is -0.000000113. The summed E-state index contributed by atoms with van der Waals surface area (Å²) >= 11 is 0. The van der Waals surface area contributed by atoms with Crippen LogP contribution in [0.2, 0.25) is 0 Å². The van der Waals surface area contributed by atoms with E-state index in [0.29, 0.717) is 5.56 Å². The molecule has 0 heterocycles. The molecular formula is C7H8B3F13K-3. The molecule has 0 atom stereocenters. The molecule has 1 rings (SSSR count). The van der Waals surface area contributed by atoms with Gasteiger partial charge in [0, 0.05) is 0 Å².